The van der Waals surface area contributed by atoms with E-state index in [2.05, 4.69) is 86.3 Å². The summed E-state index contributed by atoms with van der Waals surface area (Å²) < 4.78 is 0. The Labute approximate surface area is 160 Å². The Bertz CT molecular complexity index is 1120. The molecular formula is C26H21N. The minimum Gasteiger partial charge on any atom is -0.256 e. The van der Waals surface area contributed by atoms with Crippen LogP contribution >= 0.6 is 0 Å². The van der Waals surface area contributed by atoms with Gasteiger partial charge in [0.25, 0.3) is 0 Å². The predicted molar refractivity (Wildman–Crippen MR) is 116 cm³/mol. The molecule has 1 aromatic heterocycles. The summed E-state index contributed by atoms with van der Waals surface area (Å²) >= 11 is 0. The Morgan fingerprint density at radius 3 is 2.26 bits per heavy atom. The number of nitrogens with zero attached hydrogens (tertiary/aromatic N) is 1. The maximum atomic E-state index is 4.71. The largest absolute Gasteiger partial charge is 0.256 e. The van der Waals surface area contributed by atoms with Crippen molar-refractivity contribution in [2.45, 2.75) is 6.92 Å². The minimum absolute atomic E-state index is 1.04. The van der Waals surface area contributed by atoms with Gasteiger partial charge in [-0.3, -0.25) is 4.98 Å². The van der Waals surface area contributed by atoms with Crippen molar-refractivity contribution in [2.24, 2.45) is 0 Å². The lowest BCUT2D eigenvalue weighted by Crippen LogP contribution is -1.95. The molecule has 1 heterocycles. The van der Waals surface area contributed by atoms with Gasteiger partial charge in [0.1, 0.15) is 0 Å². The molecule has 0 N–H and O–H groups in total. The van der Waals surface area contributed by atoms with Gasteiger partial charge < -0.3 is 0 Å². The summed E-state index contributed by atoms with van der Waals surface area (Å²) in [5.74, 6) is 0. The summed E-state index contributed by atoms with van der Waals surface area (Å²) in [6.07, 6.45) is 5.82. The first-order valence-electron chi connectivity index (χ1n) is 9.12. The predicted octanol–water partition coefficient (Wildman–Crippen LogP) is 6.83. The monoisotopic (exact) mass is 347 g/mol. The van der Waals surface area contributed by atoms with Crippen LogP contribution in [0.15, 0.2) is 104 Å². The van der Waals surface area contributed by atoms with Gasteiger partial charge in [-0.2, -0.15) is 0 Å². The molecule has 0 spiro atoms. The molecule has 0 aliphatic carbocycles. The average molecular weight is 347 g/mol. The van der Waals surface area contributed by atoms with Gasteiger partial charge in [0, 0.05) is 11.6 Å². The van der Waals surface area contributed by atoms with Crippen molar-refractivity contribution in [3.05, 3.63) is 120 Å². The van der Waals surface area contributed by atoms with E-state index in [-0.39, 0.29) is 0 Å². The Kier molecular flexibility index (Phi) is 4.67. The quantitative estimate of drug-likeness (QED) is 0.369. The molecular weight excluding hydrogens is 326 g/mol. The number of hydrogen-bond donors (Lipinski definition) is 0. The number of aromatic nitrogens is 1. The SMILES string of the molecule is C=C/C=C(/c1ccccc1)c1ccc2c(-c3ccccc3)ccnc2c1C. The fraction of sp³-hybridized carbons (Fsp3) is 0.0385. The maximum absolute atomic E-state index is 4.71. The van der Waals surface area contributed by atoms with Gasteiger partial charge in [-0.1, -0.05) is 91.5 Å². The van der Waals surface area contributed by atoms with E-state index in [0.717, 1.165) is 11.1 Å². The second-order valence-corrected chi connectivity index (χ2v) is 6.54. The van der Waals surface area contributed by atoms with Crippen molar-refractivity contribution in [1.82, 2.24) is 4.98 Å². The van der Waals surface area contributed by atoms with E-state index in [9.17, 15) is 0 Å². The fourth-order valence-electron chi connectivity index (χ4n) is 3.60. The zero-order chi connectivity index (χ0) is 18.6. The molecule has 0 unspecified atom stereocenters. The van der Waals surface area contributed by atoms with Crippen molar-refractivity contribution in [3.8, 4) is 11.1 Å². The highest BCUT2D eigenvalue weighted by Crippen LogP contribution is 2.34. The number of rotatable bonds is 4. The van der Waals surface area contributed by atoms with Crippen LogP contribution in [0, 0.1) is 6.92 Å². The van der Waals surface area contributed by atoms with E-state index in [1.54, 1.807) is 0 Å². The minimum atomic E-state index is 1.04. The lowest BCUT2D eigenvalue weighted by molar-refractivity contribution is 1.35. The molecule has 4 aromatic rings. The van der Waals surface area contributed by atoms with Gasteiger partial charge in [-0.05, 0) is 46.4 Å². The highest BCUT2D eigenvalue weighted by molar-refractivity contribution is 5.99. The number of aryl methyl sites for hydroxylation is 1. The normalized spacial score (nSPS) is 11.5. The van der Waals surface area contributed by atoms with E-state index in [1.165, 1.54) is 33.2 Å². The Morgan fingerprint density at radius 1 is 0.852 bits per heavy atom. The third kappa shape index (κ3) is 3.20. The third-order valence-corrected chi connectivity index (χ3v) is 4.91. The molecule has 3 aromatic carbocycles. The third-order valence-electron chi connectivity index (χ3n) is 4.91. The van der Waals surface area contributed by atoms with Crippen LogP contribution in [-0.2, 0) is 0 Å². The maximum Gasteiger partial charge on any atom is 0.0743 e. The lowest BCUT2D eigenvalue weighted by atomic mass is 9.90. The van der Waals surface area contributed by atoms with Crippen LogP contribution in [0.2, 0.25) is 0 Å². The Hall–Kier alpha value is -3.45. The molecule has 0 fully saturated rings. The molecule has 0 amide bonds. The molecule has 4 rings (SSSR count). The molecule has 1 heteroatoms. The van der Waals surface area contributed by atoms with Gasteiger partial charge in [0.05, 0.1) is 5.52 Å². The fourth-order valence-corrected chi connectivity index (χ4v) is 3.60. The van der Waals surface area contributed by atoms with Crippen molar-refractivity contribution < 1.29 is 0 Å². The van der Waals surface area contributed by atoms with Crippen molar-refractivity contribution >= 4 is 16.5 Å². The van der Waals surface area contributed by atoms with Gasteiger partial charge in [-0.25, -0.2) is 0 Å². The van der Waals surface area contributed by atoms with E-state index < -0.39 is 0 Å². The van der Waals surface area contributed by atoms with Gasteiger partial charge in [-0.15, -0.1) is 0 Å². The zero-order valence-electron chi connectivity index (χ0n) is 15.4. The second-order valence-electron chi connectivity index (χ2n) is 6.54. The topological polar surface area (TPSA) is 12.9 Å². The van der Waals surface area contributed by atoms with Crippen LogP contribution in [0.25, 0.3) is 27.6 Å². The zero-order valence-corrected chi connectivity index (χ0v) is 15.4. The average Bonchev–Trinajstić information content (AvgIpc) is 2.74. The molecule has 0 saturated carbocycles. The van der Waals surface area contributed by atoms with E-state index in [1.807, 2.05) is 24.4 Å². The summed E-state index contributed by atoms with van der Waals surface area (Å²) in [5, 5.41) is 1.18. The summed E-state index contributed by atoms with van der Waals surface area (Å²) in [5.41, 5.74) is 8.18. The summed E-state index contributed by atoms with van der Waals surface area (Å²) in [4.78, 5) is 4.71. The number of hydrogen-bond acceptors (Lipinski definition) is 1. The number of benzene rings is 3. The standard InChI is InChI=1S/C26H21N/c1-3-10-23(20-11-6-4-7-12-20)22-15-16-25-24(21-13-8-5-9-14-21)17-18-27-26(25)19(22)2/h3-18H,1H2,2H3/b23-10-. The van der Waals surface area contributed by atoms with Gasteiger partial charge >= 0.3 is 0 Å². The van der Waals surface area contributed by atoms with Crippen LogP contribution in [0.1, 0.15) is 16.7 Å². The Morgan fingerprint density at radius 2 is 1.56 bits per heavy atom. The van der Waals surface area contributed by atoms with Crippen LogP contribution in [0.5, 0.6) is 0 Å². The first kappa shape index (κ1) is 17.0. The van der Waals surface area contributed by atoms with E-state index >= 15 is 0 Å². The lowest BCUT2D eigenvalue weighted by Gasteiger charge is -2.15. The van der Waals surface area contributed by atoms with Gasteiger partial charge in [0.2, 0.25) is 0 Å². The smallest absolute Gasteiger partial charge is 0.0743 e. The molecule has 0 aliphatic heterocycles. The molecule has 0 bridgehead atoms. The Balaban J connectivity index is 1.93. The molecule has 0 saturated heterocycles. The number of allylic oxidation sites excluding steroid dienone is 2. The van der Waals surface area contributed by atoms with Crippen LogP contribution in [-0.4, -0.2) is 4.98 Å². The molecule has 130 valence electrons. The first-order valence-corrected chi connectivity index (χ1v) is 9.12. The highest BCUT2D eigenvalue weighted by Gasteiger charge is 2.13. The molecule has 0 radical (unpaired) electrons. The van der Waals surface area contributed by atoms with Crippen LogP contribution < -0.4 is 0 Å². The molecule has 1 nitrogen and oxygen atoms in total. The molecule has 0 aliphatic rings. The second kappa shape index (κ2) is 7.43. The first-order chi connectivity index (χ1) is 13.3. The number of fused-ring (bicyclic) bond motifs is 1. The summed E-state index contributed by atoms with van der Waals surface area (Å²) in [6, 6.07) is 27.4. The van der Waals surface area contributed by atoms with E-state index in [0.29, 0.717) is 0 Å². The molecule has 27 heavy (non-hydrogen) atoms. The highest BCUT2D eigenvalue weighted by atomic mass is 14.7. The van der Waals surface area contributed by atoms with Gasteiger partial charge in [0.15, 0.2) is 0 Å². The summed E-state index contributed by atoms with van der Waals surface area (Å²) in [7, 11) is 0. The van der Waals surface area contributed by atoms with Crippen LogP contribution in [0.3, 0.4) is 0 Å². The number of pyridine rings is 1. The van der Waals surface area contributed by atoms with Crippen molar-refractivity contribution in [1.29, 1.82) is 0 Å². The summed E-state index contributed by atoms with van der Waals surface area (Å²) in [6.45, 7) is 6.06. The van der Waals surface area contributed by atoms with Crippen molar-refractivity contribution in [3.63, 3.8) is 0 Å². The van der Waals surface area contributed by atoms with Crippen LogP contribution in [0.4, 0.5) is 0 Å². The van der Waals surface area contributed by atoms with E-state index in [4.69, 9.17) is 4.98 Å². The molecule has 0 atom stereocenters. The van der Waals surface area contributed by atoms with Crippen molar-refractivity contribution in [2.75, 3.05) is 0 Å².